The second-order valence-corrected chi connectivity index (χ2v) is 4.21. The van der Waals surface area contributed by atoms with Gasteiger partial charge in [0.2, 0.25) is 0 Å². The number of nitrogen functional groups attached to an aromatic ring is 1. The predicted octanol–water partition coefficient (Wildman–Crippen LogP) is 0.687. The first-order chi connectivity index (χ1) is 7.66. The van der Waals surface area contributed by atoms with Crippen LogP contribution in [0.1, 0.15) is 21.2 Å². The lowest BCUT2D eigenvalue weighted by Crippen LogP contribution is -2.24. The summed E-state index contributed by atoms with van der Waals surface area (Å²) >= 11 is 1.51. The zero-order chi connectivity index (χ0) is 11.5. The third-order valence-electron chi connectivity index (χ3n) is 1.96. The second-order valence-electron chi connectivity index (χ2n) is 3.27. The molecule has 84 valence electrons. The maximum atomic E-state index is 11.6. The summed E-state index contributed by atoms with van der Waals surface area (Å²) in [5.41, 5.74) is 7.13. The van der Waals surface area contributed by atoms with Crippen molar-refractivity contribution in [3.8, 4) is 0 Å². The number of nitrogens with one attached hydrogen (secondary N) is 2. The van der Waals surface area contributed by atoms with Gasteiger partial charge in [0.15, 0.2) is 0 Å². The number of hydrogen-bond acceptors (Lipinski definition) is 5. The van der Waals surface area contributed by atoms with Crippen LogP contribution in [0.25, 0.3) is 0 Å². The van der Waals surface area contributed by atoms with Gasteiger partial charge < -0.3 is 11.1 Å². The van der Waals surface area contributed by atoms with Crippen LogP contribution in [0, 0.1) is 6.92 Å². The molecule has 6 nitrogen and oxygen atoms in total. The summed E-state index contributed by atoms with van der Waals surface area (Å²) in [5, 5.41) is 11.7. The highest BCUT2D eigenvalue weighted by molar-refractivity contribution is 7.09. The number of amides is 1. The van der Waals surface area contributed by atoms with Crippen molar-refractivity contribution >= 4 is 22.9 Å². The molecular weight excluding hydrogens is 226 g/mol. The smallest absolute Gasteiger partial charge is 0.271 e. The Hall–Kier alpha value is -1.89. The third kappa shape index (κ3) is 2.19. The first-order valence-corrected chi connectivity index (χ1v) is 5.53. The van der Waals surface area contributed by atoms with Crippen molar-refractivity contribution in [1.82, 2.24) is 20.5 Å². The molecule has 1 amide bonds. The van der Waals surface area contributed by atoms with Crippen LogP contribution in [0.5, 0.6) is 0 Å². The first kappa shape index (κ1) is 10.6. The zero-order valence-electron chi connectivity index (χ0n) is 8.65. The number of nitrogens with zero attached hydrogens (tertiary/aromatic N) is 2. The van der Waals surface area contributed by atoms with Gasteiger partial charge in [-0.2, -0.15) is 5.10 Å². The average Bonchev–Trinajstić information content (AvgIpc) is 2.84. The number of carbonyl (C=O) groups excluding carboxylic acids is 1. The number of H-pyrrole nitrogens is 1. The standard InChI is InChI=1S/C9H11N5OS/c1-5-4-16-7(13-5)3-11-9(15)8-6(10)2-12-14-8/h2,4H,3,10H2,1H3,(H,11,15)(H,12,14). The fourth-order valence-corrected chi connectivity index (χ4v) is 1.92. The molecule has 2 aromatic rings. The van der Waals surface area contributed by atoms with E-state index in [9.17, 15) is 4.79 Å². The van der Waals surface area contributed by atoms with Gasteiger partial charge in [0.25, 0.3) is 5.91 Å². The molecule has 0 unspecified atom stereocenters. The van der Waals surface area contributed by atoms with E-state index in [2.05, 4.69) is 20.5 Å². The summed E-state index contributed by atoms with van der Waals surface area (Å²) in [5.74, 6) is -0.275. The van der Waals surface area contributed by atoms with E-state index in [1.807, 2.05) is 12.3 Å². The molecule has 2 aromatic heterocycles. The minimum Gasteiger partial charge on any atom is -0.396 e. The number of aromatic amines is 1. The number of hydrogen-bond donors (Lipinski definition) is 3. The first-order valence-electron chi connectivity index (χ1n) is 4.65. The summed E-state index contributed by atoms with van der Waals surface area (Å²) in [7, 11) is 0. The van der Waals surface area contributed by atoms with E-state index in [-0.39, 0.29) is 11.6 Å². The Kier molecular flexibility index (Phi) is 2.86. The number of anilines is 1. The monoisotopic (exact) mass is 237 g/mol. The highest BCUT2D eigenvalue weighted by atomic mass is 32.1. The Morgan fingerprint density at radius 3 is 3.06 bits per heavy atom. The second kappa shape index (κ2) is 4.31. The fraction of sp³-hybridized carbons (Fsp3) is 0.222. The molecular formula is C9H11N5OS. The number of carbonyl (C=O) groups is 1. The Morgan fingerprint density at radius 1 is 1.69 bits per heavy atom. The lowest BCUT2D eigenvalue weighted by molar-refractivity contribution is 0.0946. The summed E-state index contributed by atoms with van der Waals surface area (Å²) in [6.45, 7) is 2.31. The molecule has 7 heteroatoms. The van der Waals surface area contributed by atoms with E-state index in [0.717, 1.165) is 10.7 Å². The van der Waals surface area contributed by atoms with Gasteiger partial charge in [-0.1, -0.05) is 0 Å². The quantitative estimate of drug-likeness (QED) is 0.731. The van der Waals surface area contributed by atoms with Crippen molar-refractivity contribution in [3.63, 3.8) is 0 Å². The van der Waals surface area contributed by atoms with Gasteiger partial charge in [0, 0.05) is 11.1 Å². The minimum atomic E-state index is -0.275. The largest absolute Gasteiger partial charge is 0.396 e. The van der Waals surface area contributed by atoms with Crippen LogP contribution in [0.3, 0.4) is 0 Å². The zero-order valence-corrected chi connectivity index (χ0v) is 9.47. The fourth-order valence-electron chi connectivity index (χ4n) is 1.21. The Bertz CT molecular complexity index is 503. The van der Waals surface area contributed by atoms with E-state index in [1.165, 1.54) is 17.5 Å². The maximum absolute atomic E-state index is 11.6. The van der Waals surface area contributed by atoms with Gasteiger partial charge in [-0.25, -0.2) is 4.98 Å². The molecule has 0 radical (unpaired) electrons. The normalized spacial score (nSPS) is 10.3. The molecule has 0 aromatic carbocycles. The maximum Gasteiger partial charge on any atom is 0.271 e. The van der Waals surface area contributed by atoms with Crippen LogP contribution in [0.2, 0.25) is 0 Å². The number of aryl methyl sites for hydroxylation is 1. The van der Waals surface area contributed by atoms with Gasteiger partial charge in [-0.05, 0) is 6.92 Å². The Morgan fingerprint density at radius 2 is 2.50 bits per heavy atom. The van der Waals surface area contributed by atoms with E-state index in [1.54, 1.807) is 0 Å². The van der Waals surface area contributed by atoms with Crippen molar-refractivity contribution in [2.75, 3.05) is 5.73 Å². The highest BCUT2D eigenvalue weighted by Crippen LogP contribution is 2.09. The SMILES string of the molecule is Cc1csc(CNC(=O)c2[nH]ncc2N)n1. The van der Waals surface area contributed by atoms with E-state index in [0.29, 0.717) is 12.2 Å². The molecule has 16 heavy (non-hydrogen) atoms. The van der Waals surface area contributed by atoms with E-state index < -0.39 is 0 Å². The predicted molar refractivity (Wildman–Crippen MR) is 61.0 cm³/mol. The molecule has 0 atom stereocenters. The molecule has 2 heterocycles. The molecule has 0 saturated carbocycles. The van der Waals surface area contributed by atoms with Gasteiger partial charge in [-0.3, -0.25) is 9.89 Å². The minimum absolute atomic E-state index is 0.275. The van der Waals surface area contributed by atoms with Crippen LogP contribution in [0.15, 0.2) is 11.6 Å². The molecule has 2 rings (SSSR count). The van der Waals surface area contributed by atoms with Crippen LogP contribution < -0.4 is 11.1 Å². The number of nitrogens with two attached hydrogens (primary N) is 1. The number of aromatic nitrogens is 3. The average molecular weight is 237 g/mol. The third-order valence-corrected chi connectivity index (χ3v) is 2.93. The van der Waals surface area contributed by atoms with Crippen molar-refractivity contribution in [2.45, 2.75) is 13.5 Å². The topological polar surface area (TPSA) is 96.7 Å². The van der Waals surface area contributed by atoms with Gasteiger partial charge in [-0.15, -0.1) is 11.3 Å². The molecule has 0 fully saturated rings. The van der Waals surface area contributed by atoms with E-state index >= 15 is 0 Å². The number of rotatable bonds is 3. The molecule has 0 spiro atoms. The van der Waals surface area contributed by atoms with Crippen LogP contribution in [-0.4, -0.2) is 21.1 Å². The van der Waals surface area contributed by atoms with Gasteiger partial charge in [0.1, 0.15) is 10.7 Å². The van der Waals surface area contributed by atoms with Crippen molar-refractivity contribution in [1.29, 1.82) is 0 Å². The Labute approximate surface area is 95.9 Å². The summed E-state index contributed by atoms with van der Waals surface area (Å²) in [4.78, 5) is 15.9. The lowest BCUT2D eigenvalue weighted by Gasteiger charge is -2.01. The van der Waals surface area contributed by atoms with Crippen LogP contribution in [-0.2, 0) is 6.54 Å². The summed E-state index contributed by atoms with van der Waals surface area (Å²) in [6, 6.07) is 0. The van der Waals surface area contributed by atoms with Crippen molar-refractivity contribution < 1.29 is 4.79 Å². The summed E-state index contributed by atoms with van der Waals surface area (Å²) < 4.78 is 0. The van der Waals surface area contributed by atoms with Crippen molar-refractivity contribution in [3.05, 3.63) is 28.0 Å². The van der Waals surface area contributed by atoms with Crippen LogP contribution >= 0.6 is 11.3 Å². The highest BCUT2D eigenvalue weighted by Gasteiger charge is 2.11. The molecule has 0 bridgehead atoms. The number of thiazole rings is 1. The van der Waals surface area contributed by atoms with Gasteiger partial charge in [0.05, 0.1) is 18.4 Å². The molecule has 0 aliphatic carbocycles. The molecule has 4 N–H and O–H groups in total. The molecule has 0 aliphatic heterocycles. The van der Waals surface area contributed by atoms with Crippen LogP contribution in [0.4, 0.5) is 5.69 Å². The van der Waals surface area contributed by atoms with E-state index in [4.69, 9.17) is 5.73 Å². The molecule has 0 aliphatic rings. The lowest BCUT2D eigenvalue weighted by atomic mass is 10.3. The summed E-state index contributed by atoms with van der Waals surface area (Å²) in [6.07, 6.45) is 1.41. The Balaban J connectivity index is 1.96. The molecule has 0 saturated heterocycles. The van der Waals surface area contributed by atoms with Crippen molar-refractivity contribution in [2.24, 2.45) is 0 Å². The van der Waals surface area contributed by atoms with Gasteiger partial charge >= 0.3 is 0 Å².